The number of benzene rings is 1. The molecule has 1 aliphatic heterocycles. The predicted molar refractivity (Wildman–Crippen MR) is 171 cm³/mol. The van der Waals surface area contributed by atoms with E-state index in [4.69, 9.17) is 9.72 Å². The van der Waals surface area contributed by atoms with Gasteiger partial charge in [-0.3, -0.25) is 19.4 Å². The van der Waals surface area contributed by atoms with Crippen molar-refractivity contribution in [3.8, 4) is 11.3 Å². The molecule has 232 valence electrons. The average Bonchev–Trinajstić information content (AvgIpc) is 3.63. The summed E-state index contributed by atoms with van der Waals surface area (Å²) >= 11 is 1.62. The summed E-state index contributed by atoms with van der Waals surface area (Å²) < 4.78 is 23.9. The topological polar surface area (TPSA) is 106 Å². The minimum Gasteiger partial charge on any atom is -0.444 e. The molecule has 0 N–H and O–H groups in total. The largest absolute Gasteiger partial charge is 0.444 e. The minimum atomic E-state index is -0.678. The number of anilines is 1. The van der Waals surface area contributed by atoms with Crippen LogP contribution in [0.1, 0.15) is 54.4 Å². The highest BCUT2D eigenvalue weighted by molar-refractivity contribution is 7.19. The van der Waals surface area contributed by atoms with E-state index in [9.17, 15) is 9.59 Å². The average molecular weight is 628 g/mol. The third kappa shape index (κ3) is 6.70. The van der Waals surface area contributed by atoms with Gasteiger partial charge >= 0.3 is 6.09 Å². The van der Waals surface area contributed by atoms with Crippen molar-refractivity contribution in [3.05, 3.63) is 89.1 Å². The molecule has 0 spiro atoms. The van der Waals surface area contributed by atoms with Gasteiger partial charge in [0.1, 0.15) is 22.9 Å². The van der Waals surface area contributed by atoms with Gasteiger partial charge in [-0.15, -0.1) is 16.4 Å². The first-order valence-corrected chi connectivity index (χ1v) is 15.6. The first kappa shape index (κ1) is 30.3. The number of amides is 2. The van der Waals surface area contributed by atoms with Crippen LogP contribution in [-0.2, 0) is 18.2 Å². The molecule has 1 aromatic carbocycles. The quantitative estimate of drug-likeness (QED) is 0.219. The fourth-order valence-corrected chi connectivity index (χ4v) is 6.62. The van der Waals surface area contributed by atoms with E-state index in [1.807, 2.05) is 51.2 Å². The number of nitrogens with zero attached hydrogens (tertiary/aromatic N) is 7. The number of aryl methyl sites for hydroxylation is 1. The molecule has 5 heterocycles. The number of carbonyl (C=O) groups is 2. The number of piperidine rings is 1. The van der Waals surface area contributed by atoms with Gasteiger partial charge in [-0.25, -0.2) is 14.2 Å². The molecular weight excluding hydrogens is 593 g/mol. The highest BCUT2D eigenvalue weighted by atomic mass is 32.1. The van der Waals surface area contributed by atoms with Crippen LogP contribution in [0.25, 0.3) is 21.3 Å². The zero-order chi connectivity index (χ0) is 31.7. The van der Waals surface area contributed by atoms with E-state index in [-0.39, 0.29) is 12.1 Å². The molecule has 1 saturated heterocycles. The van der Waals surface area contributed by atoms with Crippen LogP contribution in [0.2, 0.25) is 0 Å². The van der Waals surface area contributed by atoms with Crippen LogP contribution in [0.4, 0.5) is 15.0 Å². The molecule has 45 heavy (non-hydrogen) atoms. The highest BCUT2D eigenvalue weighted by Gasteiger charge is 2.36. The smallest absolute Gasteiger partial charge is 0.410 e. The molecule has 1 fully saturated rings. The van der Waals surface area contributed by atoms with Crippen molar-refractivity contribution in [2.45, 2.75) is 51.7 Å². The number of thiophene rings is 1. The third-order valence-corrected chi connectivity index (χ3v) is 8.64. The normalized spacial score (nSPS) is 15.3. The van der Waals surface area contributed by atoms with Crippen molar-refractivity contribution in [2.75, 3.05) is 18.0 Å². The van der Waals surface area contributed by atoms with Crippen LogP contribution in [0.5, 0.6) is 0 Å². The maximum absolute atomic E-state index is 15.8. The lowest BCUT2D eigenvalue weighted by atomic mass is 10.0. The molecule has 10 nitrogen and oxygen atoms in total. The fraction of sp³-hybridized carbons (Fsp3) is 0.333. The van der Waals surface area contributed by atoms with Gasteiger partial charge in [0.25, 0.3) is 5.91 Å². The second-order valence-electron chi connectivity index (χ2n) is 12.2. The molecule has 0 aliphatic carbocycles. The van der Waals surface area contributed by atoms with Crippen LogP contribution in [-0.4, -0.2) is 66.6 Å². The Morgan fingerprint density at radius 3 is 2.71 bits per heavy atom. The van der Waals surface area contributed by atoms with Crippen molar-refractivity contribution < 1.29 is 18.7 Å². The maximum Gasteiger partial charge on any atom is 0.410 e. The lowest BCUT2D eigenvalue weighted by molar-refractivity contribution is 0.0196. The van der Waals surface area contributed by atoms with E-state index in [0.717, 1.165) is 20.5 Å². The number of hydrogen-bond acceptors (Lipinski definition) is 8. The van der Waals surface area contributed by atoms with E-state index in [2.05, 4.69) is 15.3 Å². The summed E-state index contributed by atoms with van der Waals surface area (Å²) in [5, 5.41) is 8.78. The number of rotatable bonds is 6. The second kappa shape index (κ2) is 12.4. The SMILES string of the molecule is Cn1cc(-c2ccc(C(=O)N(c3nccc4sc(Cc5cccnc5)cc34)[C@@H]3CCCN(C(=O)OC(C)(C)C)C3)c(F)c2)nn1. The van der Waals surface area contributed by atoms with Gasteiger partial charge in [0.2, 0.25) is 0 Å². The lowest BCUT2D eigenvalue weighted by Crippen LogP contribution is -2.53. The molecule has 0 unspecified atom stereocenters. The Bertz CT molecular complexity index is 1850. The standard InChI is InChI=1S/C33H34FN7O3S/c1-33(2,3)44-32(43)40-14-6-8-23(19-40)41(31(42)25-10-9-22(16-27(25)34)28-20-39(4)38-37-28)30-26-17-24(45-29(26)11-13-36-30)15-21-7-5-12-35-18-21/h5,7,9-13,16-18,20,23H,6,8,14-15,19H2,1-4H3/t23-/m1/s1. The van der Waals surface area contributed by atoms with Gasteiger partial charge in [0.05, 0.1) is 17.8 Å². The van der Waals surface area contributed by atoms with E-state index < -0.39 is 29.5 Å². The first-order chi connectivity index (χ1) is 21.6. The number of likely N-dealkylation sites (tertiary alicyclic amines) is 1. The summed E-state index contributed by atoms with van der Waals surface area (Å²) in [6.07, 6.45) is 8.41. The molecule has 0 radical (unpaired) electrons. The monoisotopic (exact) mass is 627 g/mol. The molecule has 4 aromatic heterocycles. The fourth-order valence-electron chi connectivity index (χ4n) is 5.53. The van der Waals surface area contributed by atoms with Crippen LogP contribution in [0.15, 0.2) is 67.3 Å². The van der Waals surface area contributed by atoms with Crippen molar-refractivity contribution in [2.24, 2.45) is 7.05 Å². The summed E-state index contributed by atoms with van der Waals surface area (Å²) in [4.78, 5) is 40.7. The lowest BCUT2D eigenvalue weighted by Gasteiger charge is -2.39. The molecule has 12 heteroatoms. The van der Waals surface area contributed by atoms with Crippen LogP contribution < -0.4 is 4.90 Å². The minimum absolute atomic E-state index is 0.0957. The molecule has 0 bridgehead atoms. The Morgan fingerprint density at radius 1 is 1.16 bits per heavy atom. The number of pyridine rings is 2. The number of halogens is 1. The Balaban J connectivity index is 1.40. The summed E-state index contributed by atoms with van der Waals surface area (Å²) in [5.74, 6) is -0.781. The molecule has 1 aliphatic rings. The molecule has 2 amide bonds. The summed E-state index contributed by atoms with van der Waals surface area (Å²) in [7, 11) is 1.73. The Kier molecular flexibility index (Phi) is 8.32. The number of fused-ring (bicyclic) bond motifs is 1. The van der Waals surface area contributed by atoms with Crippen molar-refractivity contribution in [3.63, 3.8) is 0 Å². The third-order valence-electron chi connectivity index (χ3n) is 7.53. The van der Waals surface area contributed by atoms with Gasteiger partial charge in [0.15, 0.2) is 0 Å². The van der Waals surface area contributed by atoms with Crippen molar-refractivity contribution in [1.82, 2.24) is 29.9 Å². The van der Waals surface area contributed by atoms with Crippen LogP contribution >= 0.6 is 11.3 Å². The number of hydrogen-bond donors (Lipinski definition) is 0. The van der Waals surface area contributed by atoms with Gasteiger partial charge in [-0.05, 0) is 69.5 Å². The first-order valence-electron chi connectivity index (χ1n) is 14.8. The molecule has 6 rings (SSSR count). The van der Waals surface area contributed by atoms with E-state index >= 15 is 4.39 Å². The molecule has 1 atom stereocenters. The Labute approximate surface area is 264 Å². The molecular formula is C33H34FN7O3S. The Morgan fingerprint density at radius 2 is 2.00 bits per heavy atom. The van der Waals surface area contributed by atoms with Gasteiger partial charge in [-0.2, -0.15) is 0 Å². The van der Waals surface area contributed by atoms with Gasteiger partial charge in [-0.1, -0.05) is 17.3 Å². The van der Waals surface area contributed by atoms with Gasteiger partial charge in [0, 0.05) is 65.7 Å². The maximum atomic E-state index is 15.8. The molecule has 0 saturated carbocycles. The van der Waals surface area contributed by atoms with E-state index in [1.54, 1.807) is 52.8 Å². The zero-order valence-electron chi connectivity index (χ0n) is 25.6. The van der Waals surface area contributed by atoms with Crippen LogP contribution in [0.3, 0.4) is 0 Å². The van der Waals surface area contributed by atoms with Crippen molar-refractivity contribution in [1.29, 1.82) is 0 Å². The predicted octanol–water partition coefficient (Wildman–Crippen LogP) is 6.26. The molecule has 5 aromatic rings. The second-order valence-corrected chi connectivity index (χ2v) is 13.3. The van der Waals surface area contributed by atoms with E-state index in [1.165, 1.54) is 16.8 Å². The number of aromatic nitrogens is 5. The Hall–Kier alpha value is -4.71. The summed E-state index contributed by atoms with van der Waals surface area (Å²) in [6, 6.07) is 11.9. The van der Waals surface area contributed by atoms with Crippen molar-refractivity contribution >= 4 is 39.2 Å². The highest BCUT2D eigenvalue weighted by Crippen LogP contribution is 2.36. The number of ether oxygens (including phenoxy) is 1. The van der Waals surface area contributed by atoms with Gasteiger partial charge < -0.3 is 9.64 Å². The summed E-state index contributed by atoms with van der Waals surface area (Å²) in [6.45, 7) is 6.18. The number of carbonyl (C=O) groups excluding carboxylic acids is 2. The zero-order valence-corrected chi connectivity index (χ0v) is 26.4. The van der Waals surface area contributed by atoms with E-state index in [0.29, 0.717) is 42.9 Å². The summed E-state index contributed by atoms with van der Waals surface area (Å²) in [5.41, 5.74) is 1.31. The van der Waals surface area contributed by atoms with Crippen LogP contribution in [0, 0.1) is 5.82 Å².